The molecule has 13 heavy (non-hydrogen) atoms. The zero-order chi connectivity index (χ0) is 9.84. The number of aromatic nitrogens is 2. The third kappa shape index (κ3) is 1.75. The van der Waals surface area contributed by atoms with Crippen molar-refractivity contribution >= 4 is 28.3 Å². The molecule has 3 nitrogen and oxygen atoms in total. The normalized spacial score (nSPS) is 9.46. The molecule has 0 atom stereocenters. The van der Waals surface area contributed by atoms with Crippen LogP contribution in [0.25, 0.3) is 10.9 Å². The molecule has 70 valence electrons. The molecule has 3 N–H and O–H groups in total. The second-order valence-electron chi connectivity index (χ2n) is 2.27. The SMILES string of the molecule is CC.Nc1n[nH]c2c(Cl)cccc12. The molecule has 0 bridgehead atoms. The van der Waals surface area contributed by atoms with Crippen LogP contribution in [0.2, 0.25) is 5.02 Å². The van der Waals surface area contributed by atoms with Crippen LogP contribution in [0.4, 0.5) is 5.82 Å². The fraction of sp³-hybridized carbons (Fsp3) is 0.222. The highest BCUT2D eigenvalue weighted by atomic mass is 35.5. The van der Waals surface area contributed by atoms with Gasteiger partial charge in [0.15, 0.2) is 5.82 Å². The van der Waals surface area contributed by atoms with Gasteiger partial charge in [-0.2, -0.15) is 5.10 Å². The number of H-pyrrole nitrogens is 1. The van der Waals surface area contributed by atoms with Gasteiger partial charge >= 0.3 is 0 Å². The van der Waals surface area contributed by atoms with Crippen LogP contribution in [0.3, 0.4) is 0 Å². The number of fused-ring (bicyclic) bond motifs is 1. The van der Waals surface area contributed by atoms with E-state index >= 15 is 0 Å². The topological polar surface area (TPSA) is 54.7 Å². The summed E-state index contributed by atoms with van der Waals surface area (Å²) in [5.41, 5.74) is 6.34. The van der Waals surface area contributed by atoms with Crippen molar-refractivity contribution in [1.29, 1.82) is 0 Å². The molecule has 0 fully saturated rings. The first-order valence-corrected chi connectivity index (χ1v) is 4.55. The molecule has 2 aromatic rings. The predicted octanol–water partition coefficient (Wildman–Crippen LogP) is 2.82. The molecule has 0 amide bonds. The van der Waals surface area contributed by atoms with Gasteiger partial charge in [0.25, 0.3) is 0 Å². The van der Waals surface area contributed by atoms with E-state index in [2.05, 4.69) is 10.2 Å². The van der Waals surface area contributed by atoms with Crippen molar-refractivity contribution in [3.05, 3.63) is 23.2 Å². The molecular formula is C9H12ClN3. The Labute approximate surface area is 81.9 Å². The lowest BCUT2D eigenvalue weighted by atomic mass is 10.2. The Morgan fingerprint density at radius 2 is 2.08 bits per heavy atom. The van der Waals surface area contributed by atoms with Gasteiger partial charge in [-0.25, -0.2) is 0 Å². The summed E-state index contributed by atoms with van der Waals surface area (Å²) in [6.45, 7) is 4.00. The Hall–Kier alpha value is -1.22. The van der Waals surface area contributed by atoms with Crippen LogP contribution >= 0.6 is 11.6 Å². The van der Waals surface area contributed by atoms with Gasteiger partial charge in [0.2, 0.25) is 0 Å². The summed E-state index contributed by atoms with van der Waals surface area (Å²) >= 11 is 5.84. The maximum Gasteiger partial charge on any atom is 0.153 e. The molecule has 1 aromatic heterocycles. The number of hydrogen-bond acceptors (Lipinski definition) is 2. The number of nitrogens with two attached hydrogens (primary N) is 1. The van der Waals surface area contributed by atoms with Crippen molar-refractivity contribution in [2.45, 2.75) is 13.8 Å². The van der Waals surface area contributed by atoms with Crippen molar-refractivity contribution in [3.63, 3.8) is 0 Å². The number of nitrogen functional groups attached to an aromatic ring is 1. The lowest BCUT2D eigenvalue weighted by molar-refractivity contribution is 1.13. The van der Waals surface area contributed by atoms with Gasteiger partial charge in [-0.05, 0) is 12.1 Å². The Morgan fingerprint density at radius 1 is 1.38 bits per heavy atom. The van der Waals surface area contributed by atoms with Crippen LogP contribution in [0, 0.1) is 0 Å². The highest BCUT2D eigenvalue weighted by Gasteiger charge is 2.03. The fourth-order valence-corrected chi connectivity index (χ4v) is 1.24. The molecule has 0 saturated carbocycles. The number of nitrogens with zero attached hydrogens (tertiary/aromatic N) is 1. The van der Waals surface area contributed by atoms with Crippen LogP contribution in [-0.2, 0) is 0 Å². The van der Waals surface area contributed by atoms with E-state index in [1.807, 2.05) is 26.0 Å². The molecule has 0 spiro atoms. The van der Waals surface area contributed by atoms with Crippen LogP contribution in [0.15, 0.2) is 18.2 Å². The minimum atomic E-state index is 0.488. The summed E-state index contributed by atoms with van der Waals surface area (Å²) in [5.74, 6) is 0.488. The smallest absolute Gasteiger partial charge is 0.153 e. The van der Waals surface area contributed by atoms with Gasteiger partial charge in [0.1, 0.15) is 0 Å². The Kier molecular flexibility index (Phi) is 3.14. The third-order valence-corrected chi connectivity index (χ3v) is 1.89. The average Bonchev–Trinajstić information content (AvgIpc) is 2.53. The number of halogens is 1. The van der Waals surface area contributed by atoms with Gasteiger partial charge in [-0.15, -0.1) is 0 Å². The largest absolute Gasteiger partial charge is 0.382 e. The molecule has 0 aliphatic heterocycles. The molecule has 0 radical (unpaired) electrons. The number of benzene rings is 1. The van der Waals surface area contributed by atoms with E-state index in [0.717, 1.165) is 10.9 Å². The first-order valence-electron chi connectivity index (χ1n) is 4.17. The quantitative estimate of drug-likeness (QED) is 0.683. The first kappa shape index (κ1) is 9.86. The minimum Gasteiger partial charge on any atom is -0.382 e. The van der Waals surface area contributed by atoms with Gasteiger partial charge in [-0.1, -0.05) is 31.5 Å². The second-order valence-corrected chi connectivity index (χ2v) is 2.68. The molecular weight excluding hydrogens is 186 g/mol. The number of anilines is 1. The molecule has 2 rings (SSSR count). The van der Waals surface area contributed by atoms with Crippen molar-refractivity contribution in [3.8, 4) is 0 Å². The maximum absolute atomic E-state index is 5.84. The molecule has 0 saturated heterocycles. The van der Waals surface area contributed by atoms with E-state index in [1.165, 1.54) is 0 Å². The summed E-state index contributed by atoms with van der Waals surface area (Å²) < 4.78 is 0. The molecule has 0 aliphatic carbocycles. The van der Waals surface area contributed by atoms with Gasteiger partial charge in [0, 0.05) is 5.39 Å². The summed E-state index contributed by atoms with van der Waals surface area (Å²) in [6, 6.07) is 5.51. The van der Waals surface area contributed by atoms with E-state index < -0.39 is 0 Å². The second kappa shape index (κ2) is 4.14. The van der Waals surface area contributed by atoms with Crippen molar-refractivity contribution < 1.29 is 0 Å². The third-order valence-electron chi connectivity index (χ3n) is 1.58. The Morgan fingerprint density at radius 3 is 2.69 bits per heavy atom. The number of rotatable bonds is 0. The van der Waals surface area contributed by atoms with Crippen LogP contribution < -0.4 is 5.73 Å². The van der Waals surface area contributed by atoms with Crippen molar-refractivity contribution in [2.24, 2.45) is 0 Å². The summed E-state index contributed by atoms with van der Waals surface area (Å²) in [4.78, 5) is 0. The first-order chi connectivity index (χ1) is 6.29. The van der Waals surface area contributed by atoms with E-state index in [-0.39, 0.29) is 0 Å². The number of aromatic amines is 1. The van der Waals surface area contributed by atoms with Gasteiger partial charge in [-0.3, -0.25) is 5.10 Å². The lowest BCUT2D eigenvalue weighted by Gasteiger charge is -1.90. The molecule has 0 unspecified atom stereocenters. The maximum atomic E-state index is 5.84. The highest BCUT2D eigenvalue weighted by Crippen LogP contribution is 2.24. The summed E-state index contributed by atoms with van der Waals surface area (Å²) in [6.07, 6.45) is 0. The fourth-order valence-electron chi connectivity index (χ4n) is 1.03. The van der Waals surface area contributed by atoms with Crippen LogP contribution in [0.5, 0.6) is 0 Å². The number of nitrogens with one attached hydrogen (secondary N) is 1. The molecule has 0 aliphatic rings. The Balaban J connectivity index is 0.000000396. The summed E-state index contributed by atoms with van der Waals surface area (Å²) in [5, 5.41) is 8.09. The molecule has 4 heteroatoms. The van der Waals surface area contributed by atoms with Gasteiger partial charge < -0.3 is 5.73 Å². The Bertz CT molecular complexity index is 395. The predicted molar refractivity (Wildman–Crippen MR) is 56.9 cm³/mol. The van der Waals surface area contributed by atoms with Crippen molar-refractivity contribution in [1.82, 2.24) is 10.2 Å². The van der Waals surface area contributed by atoms with E-state index in [0.29, 0.717) is 10.8 Å². The molecule has 1 aromatic carbocycles. The molecule has 1 heterocycles. The average molecular weight is 198 g/mol. The summed E-state index contributed by atoms with van der Waals surface area (Å²) in [7, 11) is 0. The van der Waals surface area contributed by atoms with E-state index in [1.54, 1.807) is 6.07 Å². The minimum absolute atomic E-state index is 0.488. The van der Waals surface area contributed by atoms with Crippen LogP contribution in [-0.4, -0.2) is 10.2 Å². The lowest BCUT2D eigenvalue weighted by Crippen LogP contribution is -1.82. The van der Waals surface area contributed by atoms with Gasteiger partial charge in [0.05, 0.1) is 10.5 Å². The highest BCUT2D eigenvalue weighted by molar-refractivity contribution is 6.35. The van der Waals surface area contributed by atoms with Crippen molar-refractivity contribution in [2.75, 3.05) is 5.73 Å². The standard InChI is InChI=1S/C7H6ClN3.C2H6/c8-5-3-1-2-4-6(5)10-11-7(4)9;1-2/h1-3H,(H3,9,10,11);1-2H3. The monoisotopic (exact) mass is 197 g/mol. The zero-order valence-corrected chi connectivity index (χ0v) is 8.39. The zero-order valence-electron chi connectivity index (χ0n) is 7.63. The number of para-hydroxylation sites is 1. The van der Waals surface area contributed by atoms with E-state index in [4.69, 9.17) is 17.3 Å². The van der Waals surface area contributed by atoms with E-state index in [9.17, 15) is 0 Å². The number of hydrogen-bond donors (Lipinski definition) is 2. The van der Waals surface area contributed by atoms with Crippen LogP contribution in [0.1, 0.15) is 13.8 Å².